The molecule has 0 unspecified atom stereocenters. The van der Waals surface area contributed by atoms with Gasteiger partial charge >= 0.3 is 12.1 Å². The summed E-state index contributed by atoms with van der Waals surface area (Å²) in [4.78, 5) is 36.3. The molecule has 30 heavy (non-hydrogen) atoms. The Morgan fingerprint density at radius 1 is 0.967 bits per heavy atom. The van der Waals surface area contributed by atoms with Crippen LogP contribution in [0.25, 0.3) is 0 Å². The van der Waals surface area contributed by atoms with Crippen LogP contribution in [0.4, 0.5) is 14.9 Å². The monoisotopic (exact) mass is 417 g/mol. The van der Waals surface area contributed by atoms with Crippen molar-refractivity contribution in [3.05, 3.63) is 65.5 Å². The number of amides is 2. The largest absolute Gasteiger partial charge is 0.480 e. The van der Waals surface area contributed by atoms with Crippen LogP contribution < -0.4 is 16.4 Å². The number of hydrogen-bond acceptors (Lipinski definition) is 5. The maximum absolute atomic E-state index is 13.1. The minimum Gasteiger partial charge on any atom is -0.480 e. The molecule has 9 heteroatoms. The van der Waals surface area contributed by atoms with E-state index in [9.17, 15) is 23.9 Å². The summed E-state index contributed by atoms with van der Waals surface area (Å²) < 4.78 is 17.9. The van der Waals surface area contributed by atoms with Crippen molar-refractivity contribution >= 4 is 23.7 Å². The Bertz CT molecular complexity index is 871. The van der Waals surface area contributed by atoms with Gasteiger partial charge in [-0.25, -0.2) is 14.0 Å². The van der Waals surface area contributed by atoms with Crippen molar-refractivity contribution in [2.45, 2.75) is 31.8 Å². The zero-order valence-corrected chi connectivity index (χ0v) is 16.4. The number of carbonyl (C=O) groups excluding carboxylic acids is 2. The summed E-state index contributed by atoms with van der Waals surface area (Å²) >= 11 is 0. The number of nitrogens with two attached hydrogens (primary N) is 1. The van der Waals surface area contributed by atoms with Gasteiger partial charge in [0.25, 0.3) is 0 Å². The molecule has 0 aromatic heterocycles. The molecule has 0 aliphatic carbocycles. The number of ether oxygens (including phenoxy) is 1. The fourth-order valence-corrected chi connectivity index (χ4v) is 2.74. The van der Waals surface area contributed by atoms with Crippen molar-refractivity contribution in [1.82, 2.24) is 10.6 Å². The van der Waals surface area contributed by atoms with Crippen LogP contribution in [0, 0.1) is 5.82 Å². The number of nitrogen functional groups attached to an aromatic ring is 1. The second-order valence-electron chi connectivity index (χ2n) is 6.59. The molecular formula is C21H24FN3O5. The number of rotatable bonds is 9. The highest BCUT2D eigenvalue weighted by molar-refractivity contribution is 5.89. The van der Waals surface area contributed by atoms with Crippen LogP contribution in [0.2, 0.25) is 0 Å². The average molecular weight is 417 g/mol. The predicted molar refractivity (Wildman–Crippen MR) is 108 cm³/mol. The highest BCUT2D eigenvalue weighted by Gasteiger charge is 2.27. The number of hydrogen-bond donors (Lipinski definition) is 4. The standard InChI is InChI=1S/C21H24FN3O5/c1-2-30-21(29)25-17(11-14-5-9-16(23)10-6-14)19(26)24-18(20(27)28)12-13-3-7-15(22)8-4-13/h3-10,17-18H,2,11-12,23H2,1H3,(H,24,26)(H,25,29)(H,27,28)/t17-,18-/m0/s1. The molecule has 8 nitrogen and oxygen atoms in total. The molecule has 160 valence electrons. The first-order valence-electron chi connectivity index (χ1n) is 9.33. The normalized spacial score (nSPS) is 12.5. The first-order valence-corrected chi connectivity index (χ1v) is 9.33. The predicted octanol–water partition coefficient (Wildman–Crippen LogP) is 1.88. The molecule has 2 aromatic rings. The number of nitrogens with one attached hydrogen (secondary N) is 2. The van der Waals surface area contributed by atoms with Gasteiger partial charge in [-0.1, -0.05) is 24.3 Å². The third-order valence-electron chi connectivity index (χ3n) is 4.27. The van der Waals surface area contributed by atoms with Crippen molar-refractivity contribution in [3.63, 3.8) is 0 Å². The Kier molecular flexibility index (Phi) is 8.16. The Balaban J connectivity index is 2.14. The minimum absolute atomic E-state index is 0.0463. The third kappa shape index (κ3) is 7.08. The van der Waals surface area contributed by atoms with E-state index < -0.39 is 35.9 Å². The summed E-state index contributed by atoms with van der Waals surface area (Å²) in [5, 5.41) is 14.4. The van der Waals surface area contributed by atoms with E-state index in [0.717, 1.165) is 0 Å². The van der Waals surface area contributed by atoms with Crippen molar-refractivity contribution < 1.29 is 28.6 Å². The Morgan fingerprint density at radius 3 is 2.03 bits per heavy atom. The number of carbonyl (C=O) groups is 3. The SMILES string of the molecule is CCOC(=O)N[C@@H](Cc1ccc(N)cc1)C(=O)N[C@@H](Cc1ccc(F)cc1)C(=O)O. The second-order valence-corrected chi connectivity index (χ2v) is 6.59. The molecule has 2 atom stereocenters. The highest BCUT2D eigenvalue weighted by atomic mass is 19.1. The molecule has 0 spiro atoms. The fraction of sp³-hybridized carbons (Fsp3) is 0.286. The zero-order chi connectivity index (χ0) is 22.1. The maximum Gasteiger partial charge on any atom is 0.407 e. The molecule has 0 saturated carbocycles. The third-order valence-corrected chi connectivity index (χ3v) is 4.27. The second kappa shape index (κ2) is 10.8. The lowest BCUT2D eigenvalue weighted by Crippen LogP contribution is -2.53. The molecule has 2 rings (SSSR count). The summed E-state index contributed by atoms with van der Waals surface area (Å²) in [5.41, 5.74) is 7.46. The smallest absolute Gasteiger partial charge is 0.407 e. The van der Waals surface area contributed by atoms with Gasteiger partial charge in [-0.05, 0) is 42.3 Å². The summed E-state index contributed by atoms with van der Waals surface area (Å²) in [5.74, 6) is -2.39. The quantitative estimate of drug-likeness (QED) is 0.461. The van der Waals surface area contributed by atoms with E-state index in [-0.39, 0.29) is 19.4 Å². The van der Waals surface area contributed by atoms with Crippen molar-refractivity contribution in [3.8, 4) is 0 Å². The van der Waals surface area contributed by atoms with E-state index in [1.807, 2.05) is 0 Å². The van der Waals surface area contributed by atoms with Gasteiger partial charge in [0.1, 0.15) is 17.9 Å². The molecular weight excluding hydrogens is 393 g/mol. The highest BCUT2D eigenvalue weighted by Crippen LogP contribution is 2.10. The number of benzene rings is 2. The summed E-state index contributed by atoms with van der Waals surface area (Å²) in [7, 11) is 0. The number of aliphatic carboxylic acids is 1. The Morgan fingerprint density at radius 2 is 1.50 bits per heavy atom. The van der Waals surface area contributed by atoms with E-state index >= 15 is 0 Å². The fourth-order valence-electron chi connectivity index (χ4n) is 2.74. The van der Waals surface area contributed by atoms with Gasteiger partial charge in [-0.3, -0.25) is 4.79 Å². The number of anilines is 1. The van der Waals surface area contributed by atoms with Crippen molar-refractivity contribution in [2.75, 3.05) is 12.3 Å². The minimum atomic E-state index is -1.26. The van der Waals surface area contributed by atoms with E-state index in [1.165, 1.54) is 24.3 Å². The van der Waals surface area contributed by atoms with Crippen molar-refractivity contribution in [2.24, 2.45) is 0 Å². The van der Waals surface area contributed by atoms with E-state index in [1.54, 1.807) is 31.2 Å². The van der Waals surface area contributed by atoms with Crippen LogP contribution in [0.1, 0.15) is 18.1 Å². The molecule has 0 bridgehead atoms. The molecule has 2 aromatic carbocycles. The lowest BCUT2D eigenvalue weighted by atomic mass is 10.0. The zero-order valence-electron chi connectivity index (χ0n) is 16.4. The van der Waals surface area contributed by atoms with Crippen LogP contribution in [-0.4, -0.2) is 41.8 Å². The van der Waals surface area contributed by atoms with Gasteiger partial charge in [-0.15, -0.1) is 0 Å². The topological polar surface area (TPSA) is 131 Å². The van der Waals surface area contributed by atoms with Gasteiger partial charge < -0.3 is 26.2 Å². The number of alkyl carbamates (subject to hydrolysis) is 1. The van der Waals surface area contributed by atoms with Crippen LogP contribution >= 0.6 is 0 Å². The van der Waals surface area contributed by atoms with Gasteiger partial charge in [-0.2, -0.15) is 0 Å². The maximum atomic E-state index is 13.1. The lowest BCUT2D eigenvalue weighted by Gasteiger charge is -2.21. The van der Waals surface area contributed by atoms with Gasteiger partial charge in [0.05, 0.1) is 6.61 Å². The molecule has 0 heterocycles. The Hall–Kier alpha value is -3.62. The van der Waals surface area contributed by atoms with Crippen molar-refractivity contribution in [1.29, 1.82) is 0 Å². The Labute approximate surface area is 173 Å². The number of carboxylic acids is 1. The molecule has 0 aliphatic heterocycles. The first-order chi connectivity index (χ1) is 14.3. The van der Waals surface area contributed by atoms with E-state index in [2.05, 4.69) is 10.6 Å². The lowest BCUT2D eigenvalue weighted by molar-refractivity contribution is -0.142. The van der Waals surface area contributed by atoms with Gasteiger partial charge in [0.2, 0.25) is 5.91 Å². The molecule has 0 saturated heterocycles. The van der Waals surface area contributed by atoms with E-state index in [4.69, 9.17) is 10.5 Å². The average Bonchev–Trinajstić information content (AvgIpc) is 2.70. The number of halogens is 1. The van der Waals surface area contributed by atoms with Crippen LogP contribution in [0.5, 0.6) is 0 Å². The van der Waals surface area contributed by atoms with Crippen LogP contribution in [-0.2, 0) is 27.2 Å². The summed E-state index contributed by atoms with van der Waals surface area (Å²) in [6.07, 6.45) is -0.734. The molecule has 2 amide bonds. The summed E-state index contributed by atoms with van der Waals surface area (Å²) in [6, 6.07) is 9.70. The van der Waals surface area contributed by atoms with Crippen LogP contribution in [0.3, 0.4) is 0 Å². The van der Waals surface area contributed by atoms with Gasteiger partial charge in [0.15, 0.2) is 0 Å². The molecule has 0 radical (unpaired) electrons. The molecule has 0 fully saturated rings. The summed E-state index contributed by atoms with van der Waals surface area (Å²) in [6.45, 7) is 1.74. The molecule has 5 N–H and O–H groups in total. The van der Waals surface area contributed by atoms with Crippen LogP contribution in [0.15, 0.2) is 48.5 Å². The number of carboxylic acid groups (broad SMARTS) is 1. The first kappa shape index (κ1) is 22.7. The molecule has 0 aliphatic rings. The van der Waals surface area contributed by atoms with E-state index in [0.29, 0.717) is 16.8 Å². The van der Waals surface area contributed by atoms with Gasteiger partial charge in [0, 0.05) is 18.5 Å².